The van der Waals surface area contributed by atoms with Crippen LogP contribution in [0.5, 0.6) is 17.2 Å². The zero-order valence-electron chi connectivity index (χ0n) is 30.8. The third-order valence-corrected chi connectivity index (χ3v) is 10.8. The lowest BCUT2D eigenvalue weighted by Gasteiger charge is -2.49. The van der Waals surface area contributed by atoms with Crippen LogP contribution in [0.3, 0.4) is 0 Å². The van der Waals surface area contributed by atoms with Gasteiger partial charge in [-0.25, -0.2) is 14.3 Å². The second-order valence-corrected chi connectivity index (χ2v) is 14.6. The number of carbonyl (C=O) groups is 8. The molecule has 4 heterocycles. The minimum absolute atomic E-state index is 0.0242. The number of esters is 2. The number of carbonyl (C=O) groups excluding carboxylic acids is 5. The number of aliphatic carboxylic acids is 3. The zero-order valence-corrected chi connectivity index (χ0v) is 32.4. The molecule has 2 aromatic heterocycles. The molecule has 3 atom stereocenters. The minimum atomic E-state index is -1.64. The summed E-state index contributed by atoms with van der Waals surface area (Å²) in [5.74, 6) is -8.87. The van der Waals surface area contributed by atoms with Crippen molar-refractivity contribution in [1.29, 1.82) is 0 Å². The SMILES string of the molecule is CC(=O)Oc1cc2occ(C(=O)NC(C(=O)N[C@@H]3C(=O)N4C(C(=O)O)=C(CSc5nnnn5CC(=O)O)CS[C@H]34)c3ccc(OCC(=O)O)cc3)c(=O)c2cc1OC(C)=O. The van der Waals surface area contributed by atoms with Crippen molar-refractivity contribution in [3.63, 3.8) is 0 Å². The predicted octanol–water partition coefficient (Wildman–Crippen LogP) is 0.180. The maximum Gasteiger partial charge on any atom is 0.352 e. The molecule has 2 aliphatic rings. The monoisotopic (exact) mass is 867 g/mol. The molecule has 2 aliphatic heterocycles. The summed E-state index contributed by atoms with van der Waals surface area (Å²) in [4.78, 5) is 114. The summed E-state index contributed by atoms with van der Waals surface area (Å²) in [5, 5.41) is 42.9. The molecule has 60 heavy (non-hydrogen) atoms. The number of aromatic nitrogens is 4. The van der Waals surface area contributed by atoms with Gasteiger partial charge in [0.15, 0.2) is 18.1 Å². The first-order valence-corrected chi connectivity index (χ1v) is 19.1. The Hall–Kier alpha value is -7.28. The number of rotatable bonds is 16. The maximum absolute atomic E-state index is 14.0. The summed E-state index contributed by atoms with van der Waals surface area (Å²) in [6.45, 7) is 0.923. The molecule has 0 aliphatic carbocycles. The Balaban J connectivity index is 1.25. The summed E-state index contributed by atoms with van der Waals surface area (Å²) in [5.41, 5.74) is -1.71. The quantitative estimate of drug-likeness (QED) is 0.0434. The van der Waals surface area contributed by atoms with Crippen LogP contribution in [0.25, 0.3) is 11.0 Å². The highest BCUT2D eigenvalue weighted by atomic mass is 32.2. The van der Waals surface area contributed by atoms with Crippen LogP contribution >= 0.6 is 23.5 Å². The normalized spacial score (nSPS) is 16.2. The number of benzene rings is 2. The Labute approximate surface area is 343 Å². The fourth-order valence-corrected chi connectivity index (χ4v) is 8.25. The number of amides is 3. The Kier molecular flexibility index (Phi) is 12.5. The Bertz CT molecular complexity index is 2560. The molecule has 23 nitrogen and oxygen atoms in total. The van der Waals surface area contributed by atoms with E-state index in [4.69, 9.17) is 28.8 Å². The van der Waals surface area contributed by atoms with Crippen molar-refractivity contribution in [1.82, 2.24) is 35.7 Å². The number of nitrogens with zero attached hydrogens (tertiary/aromatic N) is 5. The number of β-lactam (4-membered cyclic amide) rings is 1. The van der Waals surface area contributed by atoms with Gasteiger partial charge < -0.3 is 44.6 Å². The highest BCUT2D eigenvalue weighted by Gasteiger charge is 2.54. The van der Waals surface area contributed by atoms with Gasteiger partial charge in [0, 0.05) is 31.4 Å². The molecule has 1 fully saturated rings. The highest BCUT2D eigenvalue weighted by molar-refractivity contribution is 8.01. The van der Waals surface area contributed by atoms with E-state index in [0.29, 0.717) is 5.57 Å². The summed E-state index contributed by atoms with van der Waals surface area (Å²) in [6.07, 6.45) is 0.787. The molecule has 1 unspecified atom stereocenters. The molecule has 0 spiro atoms. The molecule has 0 radical (unpaired) electrons. The molecule has 0 bridgehead atoms. The summed E-state index contributed by atoms with van der Waals surface area (Å²) in [7, 11) is 0. The smallest absolute Gasteiger partial charge is 0.352 e. The lowest BCUT2D eigenvalue weighted by Crippen LogP contribution is -2.71. The van der Waals surface area contributed by atoms with E-state index in [1.807, 2.05) is 0 Å². The van der Waals surface area contributed by atoms with E-state index in [1.165, 1.54) is 24.3 Å². The average Bonchev–Trinajstić information content (AvgIpc) is 3.63. The molecule has 4 aromatic rings. The molecule has 312 valence electrons. The first-order chi connectivity index (χ1) is 28.5. The second-order valence-electron chi connectivity index (χ2n) is 12.6. The Morgan fingerprint density at radius 3 is 2.30 bits per heavy atom. The van der Waals surface area contributed by atoms with Crippen molar-refractivity contribution in [2.24, 2.45) is 0 Å². The molecule has 5 N–H and O–H groups in total. The van der Waals surface area contributed by atoms with Gasteiger partial charge in [-0.2, -0.15) is 0 Å². The number of tetrazole rings is 1. The fourth-order valence-electron chi connectivity index (χ4n) is 5.88. The van der Waals surface area contributed by atoms with Gasteiger partial charge in [0.1, 0.15) is 52.9 Å². The molecule has 3 amide bonds. The standard InChI is InChI=1S/C35H29N7O16S2/c1-14(43)57-22-7-19-21(8-23(22)58-15(2)44)56-10-20(29(19)49)30(50)36-26(16-3-5-18(6-4-16)55-11-25(47)48)31(51)37-27-32(52)42-28(34(53)54)17(12-59-33(27)42)13-60-35-38-39-40-41(35)9-24(45)46/h3-8,10,26-27,33H,9,11-13H2,1-2H3,(H,36,50)(H,37,51)(H,45,46)(H,47,48)(H,53,54)/t26?,27-,33-/m1/s1. The van der Waals surface area contributed by atoms with Gasteiger partial charge in [-0.15, -0.1) is 16.9 Å². The first kappa shape index (κ1) is 42.3. The van der Waals surface area contributed by atoms with Crippen molar-refractivity contribution in [2.45, 2.75) is 43.0 Å². The number of thioether (sulfide) groups is 2. The molecule has 2 aromatic carbocycles. The number of hydrogen-bond donors (Lipinski definition) is 5. The average molecular weight is 868 g/mol. The van der Waals surface area contributed by atoms with Crippen molar-refractivity contribution in [2.75, 3.05) is 18.1 Å². The first-order valence-electron chi connectivity index (χ1n) is 17.0. The van der Waals surface area contributed by atoms with Gasteiger partial charge in [-0.1, -0.05) is 23.9 Å². The van der Waals surface area contributed by atoms with Gasteiger partial charge >= 0.3 is 29.8 Å². The second kappa shape index (κ2) is 17.7. The third-order valence-electron chi connectivity index (χ3n) is 8.41. The van der Waals surface area contributed by atoms with E-state index in [0.717, 1.165) is 65.3 Å². The van der Waals surface area contributed by atoms with Crippen molar-refractivity contribution in [3.05, 3.63) is 75.3 Å². The largest absolute Gasteiger partial charge is 0.482 e. The van der Waals surface area contributed by atoms with Crippen LogP contribution in [0, 0.1) is 0 Å². The Morgan fingerprint density at radius 2 is 1.67 bits per heavy atom. The van der Waals surface area contributed by atoms with Crippen LogP contribution in [0.15, 0.2) is 68.3 Å². The van der Waals surface area contributed by atoms with Gasteiger partial charge in [0.25, 0.3) is 11.8 Å². The van der Waals surface area contributed by atoms with Crippen LogP contribution in [0.4, 0.5) is 0 Å². The molecule has 25 heteroatoms. The number of hydrogen-bond acceptors (Lipinski definition) is 18. The van der Waals surface area contributed by atoms with Crippen LogP contribution in [0.2, 0.25) is 0 Å². The van der Waals surface area contributed by atoms with E-state index in [2.05, 4.69) is 26.2 Å². The summed E-state index contributed by atoms with van der Waals surface area (Å²) in [6, 6.07) is 4.45. The minimum Gasteiger partial charge on any atom is -0.482 e. The van der Waals surface area contributed by atoms with E-state index >= 15 is 0 Å². The molecular weight excluding hydrogens is 839 g/mol. The van der Waals surface area contributed by atoms with Crippen LogP contribution in [-0.2, 0) is 40.1 Å². The van der Waals surface area contributed by atoms with E-state index in [-0.39, 0.29) is 56.1 Å². The molecular formula is C35H29N7O16S2. The number of fused-ring (bicyclic) bond motifs is 2. The van der Waals surface area contributed by atoms with Gasteiger partial charge in [0.05, 0.1) is 5.39 Å². The number of carboxylic acid groups (broad SMARTS) is 3. The maximum atomic E-state index is 14.0. The lowest BCUT2D eigenvalue weighted by molar-refractivity contribution is -0.151. The summed E-state index contributed by atoms with van der Waals surface area (Å²) < 4.78 is 21.8. The summed E-state index contributed by atoms with van der Waals surface area (Å²) >= 11 is 2.08. The highest BCUT2D eigenvalue weighted by Crippen LogP contribution is 2.42. The molecule has 0 saturated carbocycles. The predicted molar refractivity (Wildman–Crippen MR) is 201 cm³/mol. The number of ether oxygens (including phenoxy) is 3. The van der Waals surface area contributed by atoms with Gasteiger partial charge in [-0.3, -0.25) is 38.5 Å². The van der Waals surface area contributed by atoms with Gasteiger partial charge in [-0.05, 0) is 39.8 Å². The Morgan fingerprint density at radius 1 is 0.983 bits per heavy atom. The number of carboxylic acids is 3. The van der Waals surface area contributed by atoms with Crippen molar-refractivity contribution >= 4 is 82.1 Å². The van der Waals surface area contributed by atoms with E-state index < -0.39 is 89.2 Å². The van der Waals surface area contributed by atoms with Crippen molar-refractivity contribution in [3.8, 4) is 17.2 Å². The van der Waals surface area contributed by atoms with Gasteiger partial charge in [0.2, 0.25) is 16.5 Å². The fraction of sp³-hybridized carbons (Fsp3) is 0.257. The molecule has 6 rings (SSSR count). The topological polar surface area (TPSA) is 326 Å². The molecule has 1 saturated heterocycles. The van der Waals surface area contributed by atoms with E-state index in [1.54, 1.807) is 0 Å². The van der Waals surface area contributed by atoms with Crippen LogP contribution < -0.4 is 30.3 Å². The zero-order chi connectivity index (χ0) is 43.4. The van der Waals surface area contributed by atoms with Crippen LogP contribution in [0.1, 0.15) is 35.8 Å². The lowest BCUT2D eigenvalue weighted by atomic mass is 10.0. The number of nitrogens with one attached hydrogen (secondary N) is 2. The van der Waals surface area contributed by atoms with Crippen LogP contribution in [-0.4, -0.2) is 118 Å². The van der Waals surface area contributed by atoms with Crippen molar-refractivity contribution < 1.29 is 72.3 Å². The third kappa shape index (κ3) is 9.20. The van der Waals surface area contributed by atoms with E-state index in [9.17, 15) is 48.3 Å².